The highest BCUT2D eigenvalue weighted by molar-refractivity contribution is 9.10. The van der Waals surface area contributed by atoms with Gasteiger partial charge in [-0.25, -0.2) is 9.97 Å². The molecule has 1 fully saturated rings. The van der Waals surface area contributed by atoms with Gasteiger partial charge in [-0.05, 0) is 55.5 Å². The molecule has 0 aliphatic heterocycles. The Kier molecular flexibility index (Phi) is 4.96. The Labute approximate surface area is 127 Å². The van der Waals surface area contributed by atoms with Gasteiger partial charge in [0.1, 0.15) is 0 Å². The fourth-order valence-corrected chi connectivity index (χ4v) is 2.74. The van der Waals surface area contributed by atoms with E-state index < -0.39 is 0 Å². The highest BCUT2D eigenvalue weighted by atomic mass is 79.9. The Morgan fingerprint density at radius 3 is 2.60 bits per heavy atom. The molecule has 1 heterocycles. The first-order chi connectivity index (χ1) is 9.53. The maximum Gasteiger partial charge on any atom is 0.311 e. The summed E-state index contributed by atoms with van der Waals surface area (Å²) in [6.07, 6.45) is 7.12. The van der Waals surface area contributed by atoms with Crippen molar-refractivity contribution < 1.29 is 9.53 Å². The van der Waals surface area contributed by atoms with Crippen molar-refractivity contribution in [2.45, 2.75) is 45.6 Å². The predicted molar refractivity (Wildman–Crippen MR) is 80.4 cm³/mol. The molecular formula is C14H20BrN3O2. The summed E-state index contributed by atoms with van der Waals surface area (Å²) in [5.74, 6) is -0.0644. The standard InChI is InChI=1S/C14H20BrN3O2/c1-3-20-12(19)14(2)6-4-10(5-7-14)18-11-8-16-13(15)17-9-11/h8-10,18H,3-7H2,1-2H3. The van der Waals surface area contributed by atoms with Crippen LogP contribution in [-0.2, 0) is 9.53 Å². The molecule has 0 atom stereocenters. The van der Waals surface area contributed by atoms with Gasteiger partial charge < -0.3 is 10.1 Å². The number of halogens is 1. The molecule has 5 nitrogen and oxygen atoms in total. The highest BCUT2D eigenvalue weighted by Crippen LogP contribution is 2.37. The summed E-state index contributed by atoms with van der Waals surface area (Å²) in [6, 6.07) is 0.363. The zero-order chi connectivity index (χ0) is 14.6. The first-order valence-corrected chi connectivity index (χ1v) is 7.74. The number of esters is 1. The van der Waals surface area contributed by atoms with E-state index in [-0.39, 0.29) is 11.4 Å². The van der Waals surface area contributed by atoms with E-state index in [1.165, 1.54) is 0 Å². The van der Waals surface area contributed by atoms with Crippen molar-refractivity contribution in [2.75, 3.05) is 11.9 Å². The molecule has 1 aliphatic rings. The van der Waals surface area contributed by atoms with Gasteiger partial charge in [-0.3, -0.25) is 4.79 Å². The van der Waals surface area contributed by atoms with Crippen molar-refractivity contribution >= 4 is 27.6 Å². The molecule has 6 heteroatoms. The zero-order valence-corrected chi connectivity index (χ0v) is 13.4. The molecule has 1 saturated carbocycles. The third-order valence-electron chi connectivity index (χ3n) is 3.85. The van der Waals surface area contributed by atoms with E-state index in [1.807, 2.05) is 13.8 Å². The minimum Gasteiger partial charge on any atom is -0.466 e. The molecule has 20 heavy (non-hydrogen) atoms. The Balaban J connectivity index is 1.88. The van der Waals surface area contributed by atoms with Gasteiger partial charge in [0.15, 0.2) is 4.73 Å². The Hall–Kier alpha value is -1.17. The minimum atomic E-state index is -0.329. The van der Waals surface area contributed by atoms with E-state index in [0.717, 1.165) is 31.4 Å². The molecule has 2 rings (SSSR count). The van der Waals surface area contributed by atoms with Gasteiger partial charge in [-0.1, -0.05) is 0 Å². The second-order valence-corrected chi connectivity index (χ2v) is 6.15. The van der Waals surface area contributed by atoms with E-state index in [1.54, 1.807) is 12.4 Å². The third kappa shape index (κ3) is 3.69. The largest absolute Gasteiger partial charge is 0.466 e. The van der Waals surface area contributed by atoms with Crippen molar-refractivity contribution in [3.05, 3.63) is 17.1 Å². The molecule has 0 spiro atoms. The number of rotatable bonds is 4. The van der Waals surface area contributed by atoms with Gasteiger partial charge >= 0.3 is 5.97 Å². The average Bonchev–Trinajstić information content (AvgIpc) is 2.44. The van der Waals surface area contributed by atoms with Crippen molar-refractivity contribution in [3.63, 3.8) is 0 Å². The molecule has 0 saturated heterocycles. The smallest absolute Gasteiger partial charge is 0.311 e. The van der Waals surface area contributed by atoms with E-state index in [0.29, 0.717) is 17.4 Å². The number of aromatic nitrogens is 2. The van der Waals surface area contributed by atoms with Gasteiger partial charge in [-0.15, -0.1) is 0 Å². The lowest BCUT2D eigenvalue weighted by Crippen LogP contribution is -2.38. The van der Waals surface area contributed by atoms with Crippen LogP contribution in [0.4, 0.5) is 5.69 Å². The van der Waals surface area contributed by atoms with Gasteiger partial charge in [0.25, 0.3) is 0 Å². The van der Waals surface area contributed by atoms with Crippen LogP contribution in [0.5, 0.6) is 0 Å². The highest BCUT2D eigenvalue weighted by Gasteiger charge is 2.38. The van der Waals surface area contributed by atoms with Crippen LogP contribution in [0.25, 0.3) is 0 Å². The molecule has 0 unspecified atom stereocenters. The van der Waals surface area contributed by atoms with Crippen LogP contribution in [0.1, 0.15) is 39.5 Å². The van der Waals surface area contributed by atoms with Crippen molar-refractivity contribution in [1.82, 2.24) is 9.97 Å². The first-order valence-electron chi connectivity index (χ1n) is 6.95. The molecule has 0 radical (unpaired) electrons. The lowest BCUT2D eigenvalue weighted by atomic mass is 9.74. The van der Waals surface area contributed by atoms with Crippen LogP contribution in [-0.4, -0.2) is 28.6 Å². The van der Waals surface area contributed by atoms with Crippen molar-refractivity contribution in [3.8, 4) is 0 Å². The number of carbonyl (C=O) groups excluding carboxylic acids is 1. The molecule has 1 aromatic rings. The van der Waals surface area contributed by atoms with Gasteiger partial charge in [-0.2, -0.15) is 0 Å². The van der Waals surface area contributed by atoms with E-state index >= 15 is 0 Å². The van der Waals surface area contributed by atoms with Crippen LogP contribution in [0, 0.1) is 5.41 Å². The van der Waals surface area contributed by atoms with Gasteiger partial charge in [0.2, 0.25) is 0 Å². The third-order valence-corrected chi connectivity index (χ3v) is 4.26. The molecule has 0 bridgehead atoms. The lowest BCUT2D eigenvalue weighted by Gasteiger charge is -2.35. The quantitative estimate of drug-likeness (QED) is 0.673. The number of nitrogens with one attached hydrogen (secondary N) is 1. The maximum absolute atomic E-state index is 12.0. The average molecular weight is 342 g/mol. The number of anilines is 1. The summed E-state index contributed by atoms with van der Waals surface area (Å²) in [5, 5.41) is 3.42. The summed E-state index contributed by atoms with van der Waals surface area (Å²) in [5.41, 5.74) is 0.586. The normalized spacial score (nSPS) is 26.1. The fourth-order valence-electron chi connectivity index (χ4n) is 2.53. The summed E-state index contributed by atoms with van der Waals surface area (Å²) in [7, 11) is 0. The molecule has 110 valence electrons. The second-order valence-electron chi connectivity index (χ2n) is 5.44. The second kappa shape index (κ2) is 6.52. The number of hydrogen-bond acceptors (Lipinski definition) is 5. The van der Waals surface area contributed by atoms with E-state index in [2.05, 4.69) is 31.2 Å². The topological polar surface area (TPSA) is 64.1 Å². The number of nitrogens with zero attached hydrogens (tertiary/aromatic N) is 2. The molecule has 0 amide bonds. The molecule has 0 aromatic carbocycles. The lowest BCUT2D eigenvalue weighted by molar-refractivity contribution is -0.156. The van der Waals surface area contributed by atoms with Gasteiger partial charge in [0, 0.05) is 6.04 Å². The first kappa shape index (κ1) is 15.2. The van der Waals surface area contributed by atoms with Crippen LogP contribution in [0.3, 0.4) is 0 Å². The van der Waals surface area contributed by atoms with Crippen molar-refractivity contribution in [2.24, 2.45) is 5.41 Å². The van der Waals surface area contributed by atoms with Crippen LogP contribution in [0.15, 0.2) is 17.1 Å². The maximum atomic E-state index is 12.0. The van der Waals surface area contributed by atoms with E-state index in [4.69, 9.17) is 4.74 Å². The van der Waals surface area contributed by atoms with Gasteiger partial charge in [0.05, 0.1) is 30.1 Å². The number of ether oxygens (including phenoxy) is 1. The number of carbonyl (C=O) groups is 1. The Morgan fingerprint density at radius 1 is 1.45 bits per heavy atom. The fraction of sp³-hybridized carbons (Fsp3) is 0.643. The Bertz CT molecular complexity index is 456. The summed E-state index contributed by atoms with van der Waals surface area (Å²) >= 11 is 3.21. The zero-order valence-electron chi connectivity index (χ0n) is 11.9. The molecule has 1 aromatic heterocycles. The summed E-state index contributed by atoms with van der Waals surface area (Å²) in [4.78, 5) is 20.1. The predicted octanol–water partition coefficient (Wildman–Crippen LogP) is 3.16. The van der Waals surface area contributed by atoms with E-state index in [9.17, 15) is 4.79 Å². The van der Waals surface area contributed by atoms with Crippen molar-refractivity contribution in [1.29, 1.82) is 0 Å². The van der Waals surface area contributed by atoms with Crippen LogP contribution >= 0.6 is 15.9 Å². The summed E-state index contributed by atoms with van der Waals surface area (Å²) < 4.78 is 5.75. The summed E-state index contributed by atoms with van der Waals surface area (Å²) in [6.45, 7) is 4.30. The molecule has 1 N–H and O–H groups in total. The van der Waals surface area contributed by atoms with Crippen LogP contribution < -0.4 is 5.32 Å². The molecule has 1 aliphatic carbocycles. The van der Waals surface area contributed by atoms with Crippen LogP contribution in [0.2, 0.25) is 0 Å². The molecular weight excluding hydrogens is 322 g/mol. The minimum absolute atomic E-state index is 0.0644. The number of hydrogen-bond donors (Lipinski definition) is 1. The SMILES string of the molecule is CCOC(=O)C1(C)CCC(Nc2cnc(Br)nc2)CC1. The Morgan fingerprint density at radius 2 is 2.05 bits per heavy atom. The monoisotopic (exact) mass is 341 g/mol.